The second-order valence-corrected chi connectivity index (χ2v) is 6.00. The van der Waals surface area contributed by atoms with Gasteiger partial charge in [0.15, 0.2) is 0 Å². The molecule has 5 nitrogen and oxygen atoms in total. The number of alkyl halides is 2. The van der Waals surface area contributed by atoms with Crippen LogP contribution >= 0.6 is 11.3 Å². The first-order chi connectivity index (χ1) is 10.1. The van der Waals surface area contributed by atoms with E-state index in [2.05, 4.69) is 10.1 Å². The molecule has 112 valence electrons. The van der Waals surface area contributed by atoms with Crippen LogP contribution in [0.25, 0.3) is 0 Å². The molecule has 1 atom stereocenters. The lowest BCUT2D eigenvalue weighted by Crippen LogP contribution is -2.28. The third kappa shape index (κ3) is 3.10. The number of thiazole rings is 1. The van der Waals surface area contributed by atoms with Crippen molar-refractivity contribution in [3.63, 3.8) is 0 Å². The Hall–Kier alpha value is -1.83. The molecule has 8 heteroatoms. The molecule has 0 aromatic carbocycles. The topological polar surface area (TPSA) is 51.0 Å². The van der Waals surface area contributed by atoms with Crippen LogP contribution in [0.1, 0.15) is 28.3 Å². The lowest BCUT2D eigenvalue weighted by molar-refractivity contribution is 0.0564. The first-order valence-corrected chi connectivity index (χ1v) is 7.51. The fraction of sp³-hybridized carbons (Fsp3) is 0.462. The van der Waals surface area contributed by atoms with Crippen LogP contribution in [-0.4, -0.2) is 38.7 Å². The highest BCUT2D eigenvalue weighted by atomic mass is 32.1. The van der Waals surface area contributed by atoms with Gasteiger partial charge < -0.3 is 4.90 Å². The number of hydrogen-bond donors (Lipinski definition) is 0. The molecule has 0 saturated carbocycles. The van der Waals surface area contributed by atoms with Crippen molar-refractivity contribution < 1.29 is 13.6 Å². The van der Waals surface area contributed by atoms with Crippen LogP contribution in [0.2, 0.25) is 0 Å². The summed E-state index contributed by atoms with van der Waals surface area (Å²) in [6.45, 7) is -1.43. The number of likely N-dealkylation sites (tertiary alicyclic amines) is 1. The van der Waals surface area contributed by atoms with Gasteiger partial charge in [0.05, 0.1) is 16.8 Å². The number of halogens is 2. The van der Waals surface area contributed by atoms with Crippen LogP contribution in [0.3, 0.4) is 0 Å². The summed E-state index contributed by atoms with van der Waals surface area (Å²) >= 11 is 1.61. The van der Waals surface area contributed by atoms with E-state index in [0.717, 1.165) is 24.0 Å². The molecule has 0 aliphatic carbocycles. The summed E-state index contributed by atoms with van der Waals surface area (Å²) in [7, 11) is 0. The summed E-state index contributed by atoms with van der Waals surface area (Å²) in [5, 5.41) is 6.50. The molecule has 1 aliphatic rings. The molecule has 2 aromatic rings. The van der Waals surface area contributed by atoms with Crippen molar-refractivity contribution in [2.24, 2.45) is 5.92 Å². The summed E-state index contributed by atoms with van der Waals surface area (Å²) in [6.07, 6.45) is 5.84. The van der Waals surface area contributed by atoms with Crippen LogP contribution in [0.15, 0.2) is 24.0 Å². The van der Waals surface area contributed by atoms with Gasteiger partial charge in [-0.2, -0.15) is 13.9 Å². The highest BCUT2D eigenvalue weighted by Crippen LogP contribution is 2.23. The standard InChI is InChI=1S/C13H14F2N4OS/c14-13(15)19-8-10(6-17-19)12(20)18-3-1-9(7-18)5-11-16-2-4-21-11/h2,4,6,8-9,13H,1,3,5,7H2. The van der Waals surface area contributed by atoms with Gasteiger partial charge in [-0.3, -0.25) is 4.79 Å². The fourth-order valence-corrected chi connectivity index (χ4v) is 3.25. The van der Waals surface area contributed by atoms with Crippen LogP contribution < -0.4 is 0 Å². The highest BCUT2D eigenvalue weighted by Gasteiger charge is 2.28. The second-order valence-electron chi connectivity index (χ2n) is 5.02. The second kappa shape index (κ2) is 5.88. The van der Waals surface area contributed by atoms with E-state index < -0.39 is 6.55 Å². The Balaban J connectivity index is 1.61. The molecule has 0 spiro atoms. The molecule has 0 N–H and O–H groups in total. The van der Waals surface area contributed by atoms with Crippen molar-refractivity contribution in [3.8, 4) is 0 Å². The smallest absolute Gasteiger partial charge is 0.333 e. The van der Waals surface area contributed by atoms with Gasteiger partial charge >= 0.3 is 6.55 Å². The van der Waals surface area contributed by atoms with Crippen molar-refractivity contribution >= 4 is 17.2 Å². The fourth-order valence-electron chi connectivity index (χ4n) is 2.52. The molecule has 21 heavy (non-hydrogen) atoms. The maximum Gasteiger partial charge on any atom is 0.333 e. The minimum atomic E-state index is -2.72. The molecule has 2 aromatic heterocycles. The van der Waals surface area contributed by atoms with E-state index in [1.807, 2.05) is 5.38 Å². The number of aromatic nitrogens is 3. The van der Waals surface area contributed by atoms with E-state index in [1.54, 1.807) is 22.4 Å². The zero-order valence-corrected chi connectivity index (χ0v) is 12.0. The van der Waals surface area contributed by atoms with Gasteiger partial charge in [0, 0.05) is 37.3 Å². The molecule has 0 radical (unpaired) electrons. The van der Waals surface area contributed by atoms with Crippen LogP contribution in [0.5, 0.6) is 0 Å². The number of carbonyl (C=O) groups is 1. The van der Waals surface area contributed by atoms with Gasteiger partial charge in [-0.25, -0.2) is 9.67 Å². The van der Waals surface area contributed by atoms with Gasteiger partial charge in [-0.1, -0.05) is 0 Å². The monoisotopic (exact) mass is 312 g/mol. The lowest BCUT2D eigenvalue weighted by Gasteiger charge is -2.15. The minimum Gasteiger partial charge on any atom is -0.338 e. The zero-order chi connectivity index (χ0) is 14.8. The van der Waals surface area contributed by atoms with E-state index in [-0.39, 0.29) is 11.5 Å². The van der Waals surface area contributed by atoms with Crippen molar-refractivity contribution in [2.75, 3.05) is 13.1 Å². The average Bonchev–Trinajstić information content (AvgIpc) is 3.20. The predicted octanol–water partition coefficient (Wildman–Crippen LogP) is 2.44. The first-order valence-electron chi connectivity index (χ1n) is 6.63. The number of nitrogens with zero attached hydrogens (tertiary/aromatic N) is 4. The van der Waals surface area contributed by atoms with Crippen molar-refractivity contribution in [1.82, 2.24) is 19.7 Å². The Morgan fingerprint density at radius 3 is 3.05 bits per heavy atom. The largest absolute Gasteiger partial charge is 0.338 e. The SMILES string of the molecule is O=C(c1cnn(C(F)F)c1)N1CCC(Cc2nccs2)C1. The molecule has 3 rings (SSSR count). The molecule has 3 heterocycles. The molecule has 1 unspecified atom stereocenters. The van der Waals surface area contributed by atoms with Crippen LogP contribution in [0, 0.1) is 5.92 Å². The normalized spacial score (nSPS) is 18.6. The third-order valence-corrected chi connectivity index (χ3v) is 4.37. The van der Waals surface area contributed by atoms with Gasteiger partial charge in [0.1, 0.15) is 0 Å². The van der Waals surface area contributed by atoms with E-state index in [4.69, 9.17) is 0 Å². The Kier molecular flexibility index (Phi) is 3.96. The number of hydrogen-bond acceptors (Lipinski definition) is 4. The summed E-state index contributed by atoms with van der Waals surface area (Å²) in [4.78, 5) is 18.2. The molecule has 1 fully saturated rings. The van der Waals surface area contributed by atoms with Gasteiger partial charge in [0.2, 0.25) is 0 Å². The summed E-state index contributed by atoms with van der Waals surface area (Å²) in [5.74, 6) is 0.147. The van der Waals surface area contributed by atoms with Crippen molar-refractivity contribution in [1.29, 1.82) is 0 Å². The Bertz CT molecular complexity index is 613. The molecular weight excluding hydrogens is 298 g/mol. The molecule has 1 saturated heterocycles. The Morgan fingerprint density at radius 2 is 2.38 bits per heavy atom. The van der Waals surface area contributed by atoms with Crippen LogP contribution in [-0.2, 0) is 6.42 Å². The quantitative estimate of drug-likeness (QED) is 0.871. The average molecular weight is 312 g/mol. The lowest BCUT2D eigenvalue weighted by atomic mass is 10.1. The molecule has 1 amide bonds. The molecule has 1 aliphatic heterocycles. The Morgan fingerprint density at radius 1 is 1.52 bits per heavy atom. The highest BCUT2D eigenvalue weighted by molar-refractivity contribution is 7.09. The van der Waals surface area contributed by atoms with E-state index in [1.165, 1.54) is 6.20 Å². The van der Waals surface area contributed by atoms with Crippen molar-refractivity contribution in [2.45, 2.75) is 19.4 Å². The summed E-state index contributed by atoms with van der Waals surface area (Å²) in [5.41, 5.74) is 0.213. The molecule has 0 bridgehead atoms. The maximum absolute atomic E-state index is 12.5. The maximum atomic E-state index is 12.5. The molecular formula is C13H14F2N4OS. The summed E-state index contributed by atoms with van der Waals surface area (Å²) < 4.78 is 25.4. The van der Waals surface area contributed by atoms with Crippen molar-refractivity contribution in [3.05, 3.63) is 34.5 Å². The first kappa shape index (κ1) is 14.1. The van der Waals surface area contributed by atoms with Crippen LogP contribution in [0.4, 0.5) is 8.78 Å². The number of carbonyl (C=O) groups excluding carboxylic acids is 1. The van der Waals surface area contributed by atoms with E-state index in [0.29, 0.717) is 23.7 Å². The zero-order valence-electron chi connectivity index (χ0n) is 11.2. The summed E-state index contributed by atoms with van der Waals surface area (Å²) in [6, 6.07) is 0. The number of amides is 1. The minimum absolute atomic E-state index is 0.213. The van der Waals surface area contributed by atoms with E-state index in [9.17, 15) is 13.6 Å². The van der Waals surface area contributed by atoms with Gasteiger partial charge in [-0.15, -0.1) is 11.3 Å². The number of rotatable bonds is 4. The van der Waals surface area contributed by atoms with Gasteiger partial charge in [0.25, 0.3) is 5.91 Å². The van der Waals surface area contributed by atoms with E-state index >= 15 is 0 Å². The Labute approximate surface area is 124 Å². The third-order valence-electron chi connectivity index (χ3n) is 3.57. The predicted molar refractivity (Wildman–Crippen MR) is 73.3 cm³/mol. The van der Waals surface area contributed by atoms with Gasteiger partial charge in [-0.05, 0) is 12.3 Å².